The highest BCUT2D eigenvalue weighted by Gasteiger charge is 2.15. The van der Waals surface area contributed by atoms with Crippen LogP contribution in [0.3, 0.4) is 0 Å². The molecule has 0 aromatic heterocycles. The molecule has 1 atom stereocenters. The van der Waals surface area contributed by atoms with Gasteiger partial charge < -0.3 is 15.0 Å². The molecule has 0 bridgehead atoms. The topological polar surface area (TPSA) is 41.6 Å². The second kappa shape index (κ2) is 9.27. The first-order chi connectivity index (χ1) is 12.5. The van der Waals surface area contributed by atoms with Crippen LogP contribution in [0.4, 0.5) is 5.69 Å². The molecule has 1 unspecified atom stereocenters. The predicted octanol–water partition coefficient (Wildman–Crippen LogP) is 4.23. The summed E-state index contributed by atoms with van der Waals surface area (Å²) in [5, 5.41) is 2.95. The summed E-state index contributed by atoms with van der Waals surface area (Å²) in [7, 11) is 0. The van der Waals surface area contributed by atoms with Gasteiger partial charge in [-0.3, -0.25) is 4.79 Å². The van der Waals surface area contributed by atoms with Gasteiger partial charge in [0.25, 0.3) is 5.91 Å². The van der Waals surface area contributed by atoms with Gasteiger partial charge in [0.05, 0.1) is 0 Å². The molecule has 0 saturated carbocycles. The fourth-order valence-electron chi connectivity index (χ4n) is 2.84. The van der Waals surface area contributed by atoms with Crippen molar-refractivity contribution in [2.75, 3.05) is 18.0 Å². The van der Waals surface area contributed by atoms with E-state index in [1.807, 2.05) is 32.0 Å². The fourth-order valence-corrected chi connectivity index (χ4v) is 2.84. The van der Waals surface area contributed by atoms with Crippen LogP contribution in [0.2, 0.25) is 0 Å². The zero-order valence-electron chi connectivity index (χ0n) is 16.5. The fraction of sp³-hybridized carbons (Fsp3) is 0.409. The lowest BCUT2D eigenvalue weighted by atomic mass is 10.1. The van der Waals surface area contributed by atoms with Crippen LogP contribution in [0.5, 0.6) is 5.75 Å². The van der Waals surface area contributed by atoms with Gasteiger partial charge in [-0.25, -0.2) is 0 Å². The van der Waals surface area contributed by atoms with Gasteiger partial charge in [-0.05, 0) is 69.5 Å². The van der Waals surface area contributed by atoms with Crippen molar-refractivity contribution in [2.24, 2.45) is 0 Å². The maximum Gasteiger partial charge on any atom is 0.261 e. The zero-order chi connectivity index (χ0) is 19.1. The number of anilines is 1. The molecule has 4 heteroatoms. The summed E-state index contributed by atoms with van der Waals surface area (Å²) in [4.78, 5) is 14.6. The average molecular weight is 354 g/mol. The summed E-state index contributed by atoms with van der Waals surface area (Å²) in [6, 6.07) is 14.2. The van der Waals surface area contributed by atoms with E-state index in [4.69, 9.17) is 4.74 Å². The number of hydrogen-bond acceptors (Lipinski definition) is 3. The largest absolute Gasteiger partial charge is 0.481 e. The van der Waals surface area contributed by atoms with Gasteiger partial charge in [-0.2, -0.15) is 0 Å². The Hall–Kier alpha value is -2.49. The molecule has 0 spiro atoms. The highest BCUT2D eigenvalue weighted by Crippen LogP contribution is 2.21. The molecule has 1 amide bonds. The van der Waals surface area contributed by atoms with E-state index in [0.29, 0.717) is 6.54 Å². The third-order valence-electron chi connectivity index (χ3n) is 4.76. The first kappa shape index (κ1) is 19.8. The third-order valence-corrected chi connectivity index (χ3v) is 4.76. The van der Waals surface area contributed by atoms with Crippen molar-refractivity contribution in [3.8, 4) is 5.75 Å². The normalized spacial score (nSPS) is 11.7. The van der Waals surface area contributed by atoms with Crippen molar-refractivity contribution in [3.05, 3.63) is 59.2 Å². The van der Waals surface area contributed by atoms with Crippen LogP contribution in [-0.2, 0) is 11.3 Å². The second-order valence-electron chi connectivity index (χ2n) is 6.51. The molecule has 0 fully saturated rings. The number of carbonyl (C=O) groups excluding carboxylic acids is 1. The highest BCUT2D eigenvalue weighted by atomic mass is 16.5. The van der Waals surface area contributed by atoms with Crippen molar-refractivity contribution in [3.63, 3.8) is 0 Å². The van der Waals surface area contributed by atoms with E-state index < -0.39 is 6.10 Å². The molecule has 140 valence electrons. The Morgan fingerprint density at radius 2 is 1.73 bits per heavy atom. The number of benzene rings is 2. The van der Waals surface area contributed by atoms with E-state index in [0.717, 1.165) is 35.5 Å². The third kappa shape index (κ3) is 5.01. The molecule has 0 aliphatic heterocycles. The summed E-state index contributed by atoms with van der Waals surface area (Å²) in [6.45, 7) is 12.6. The van der Waals surface area contributed by atoms with E-state index in [1.165, 1.54) is 5.69 Å². The Kier molecular flexibility index (Phi) is 7.07. The van der Waals surface area contributed by atoms with Gasteiger partial charge in [0.15, 0.2) is 6.10 Å². The molecule has 1 N–H and O–H groups in total. The summed E-state index contributed by atoms with van der Waals surface area (Å²) in [5.41, 5.74) is 4.51. The van der Waals surface area contributed by atoms with Crippen LogP contribution in [0.25, 0.3) is 0 Å². The lowest BCUT2D eigenvalue weighted by Gasteiger charge is -2.21. The molecule has 0 saturated heterocycles. The van der Waals surface area contributed by atoms with Gasteiger partial charge in [0, 0.05) is 25.3 Å². The van der Waals surface area contributed by atoms with Gasteiger partial charge in [0.1, 0.15) is 5.75 Å². The number of amides is 1. The van der Waals surface area contributed by atoms with E-state index in [9.17, 15) is 4.79 Å². The zero-order valence-corrected chi connectivity index (χ0v) is 16.5. The van der Waals surface area contributed by atoms with Crippen LogP contribution < -0.4 is 15.0 Å². The first-order valence-corrected chi connectivity index (χ1v) is 9.30. The average Bonchev–Trinajstić information content (AvgIpc) is 2.65. The minimum atomic E-state index is -0.537. The van der Waals surface area contributed by atoms with Gasteiger partial charge >= 0.3 is 0 Å². The SMILES string of the molecule is CCN(CC)c1ccc(CNC(=O)C(C)Oc2cccc(C)c2C)cc1. The van der Waals surface area contributed by atoms with Crippen molar-refractivity contribution in [2.45, 2.75) is 47.3 Å². The summed E-state index contributed by atoms with van der Waals surface area (Å²) in [5.74, 6) is 0.648. The van der Waals surface area contributed by atoms with Crippen LogP contribution in [0.15, 0.2) is 42.5 Å². The number of nitrogens with one attached hydrogen (secondary N) is 1. The Bertz CT molecular complexity index is 721. The molecular weight excluding hydrogens is 324 g/mol. The molecule has 2 aromatic carbocycles. The van der Waals surface area contributed by atoms with E-state index in [2.05, 4.69) is 48.3 Å². The lowest BCUT2D eigenvalue weighted by Crippen LogP contribution is -2.36. The van der Waals surface area contributed by atoms with Crippen molar-refractivity contribution >= 4 is 11.6 Å². The summed E-state index contributed by atoms with van der Waals surface area (Å²) < 4.78 is 5.84. The minimum absolute atomic E-state index is 0.112. The Labute approximate surface area is 157 Å². The molecule has 4 nitrogen and oxygen atoms in total. The van der Waals surface area contributed by atoms with Crippen LogP contribution in [0.1, 0.15) is 37.5 Å². The molecule has 0 aliphatic carbocycles. The van der Waals surface area contributed by atoms with Crippen molar-refractivity contribution in [1.82, 2.24) is 5.32 Å². The first-order valence-electron chi connectivity index (χ1n) is 9.30. The van der Waals surface area contributed by atoms with E-state index >= 15 is 0 Å². The predicted molar refractivity (Wildman–Crippen MR) is 108 cm³/mol. The van der Waals surface area contributed by atoms with Gasteiger partial charge in [-0.15, -0.1) is 0 Å². The van der Waals surface area contributed by atoms with Crippen LogP contribution in [-0.4, -0.2) is 25.1 Å². The standard InChI is InChI=1S/C22H30N2O2/c1-6-24(7-2)20-13-11-19(12-14-20)15-23-22(25)18(5)26-21-10-8-9-16(3)17(21)4/h8-14,18H,6-7,15H2,1-5H3,(H,23,25). The smallest absolute Gasteiger partial charge is 0.261 e. The van der Waals surface area contributed by atoms with Crippen molar-refractivity contribution in [1.29, 1.82) is 0 Å². The monoisotopic (exact) mass is 354 g/mol. The molecule has 2 aromatic rings. The van der Waals surface area contributed by atoms with Gasteiger partial charge in [0.2, 0.25) is 0 Å². The Morgan fingerprint density at radius 3 is 2.35 bits per heavy atom. The van der Waals surface area contributed by atoms with Crippen LogP contribution >= 0.6 is 0 Å². The van der Waals surface area contributed by atoms with E-state index in [1.54, 1.807) is 6.92 Å². The number of nitrogens with zero attached hydrogens (tertiary/aromatic N) is 1. The molecule has 0 aliphatic rings. The molecule has 0 radical (unpaired) electrons. The minimum Gasteiger partial charge on any atom is -0.481 e. The lowest BCUT2D eigenvalue weighted by molar-refractivity contribution is -0.127. The number of aryl methyl sites for hydroxylation is 1. The van der Waals surface area contributed by atoms with Gasteiger partial charge in [-0.1, -0.05) is 24.3 Å². The summed E-state index contributed by atoms with van der Waals surface area (Å²) in [6.07, 6.45) is -0.537. The maximum absolute atomic E-state index is 12.3. The second-order valence-corrected chi connectivity index (χ2v) is 6.51. The Morgan fingerprint density at radius 1 is 1.08 bits per heavy atom. The molecule has 2 rings (SSSR count). The maximum atomic E-state index is 12.3. The van der Waals surface area contributed by atoms with Crippen molar-refractivity contribution < 1.29 is 9.53 Å². The number of carbonyl (C=O) groups is 1. The van der Waals surface area contributed by atoms with E-state index in [-0.39, 0.29) is 5.91 Å². The number of hydrogen-bond donors (Lipinski definition) is 1. The number of ether oxygens (including phenoxy) is 1. The summed E-state index contributed by atoms with van der Waals surface area (Å²) >= 11 is 0. The highest BCUT2D eigenvalue weighted by molar-refractivity contribution is 5.80. The van der Waals surface area contributed by atoms with Crippen LogP contribution in [0, 0.1) is 13.8 Å². The Balaban J connectivity index is 1.90. The molecule has 0 heterocycles. The quantitative estimate of drug-likeness (QED) is 0.771. The molecule has 26 heavy (non-hydrogen) atoms. The number of rotatable bonds is 8. The molecular formula is C22H30N2O2.